The molecule has 2 aromatic rings. The molecule has 0 fully saturated rings. The van der Waals surface area contributed by atoms with Crippen molar-refractivity contribution in [2.24, 2.45) is 10.3 Å². The molecule has 0 heterocycles. The zero-order valence-corrected chi connectivity index (χ0v) is 24.7. The molecule has 0 atom stereocenters. The van der Waals surface area contributed by atoms with Gasteiger partial charge in [0.05, 0.1) is 28.4 Å². The summed E-state index contributed by atoms with van der Waals surface area (Å²) in [5, 5.41) is 5.95. The van der Waals surface area contributed by atoms with E-state index in [0.29, 0.717) is 11.5 Å². The molecule has 2 aromatic carbocycles. The monoisotopic (exact) mass is 636 g/mol. The molecule has 2 rings (SSSR count). The van der Waals surface area contributed by atoms with Gasteiger partial charge in [0.25, 0.3) is 0 Å². The van der Waals surface area contributed by atoms with Crippen LogP contribution in [0.2, 0.25) is 0 Å². The lowest BCUT2D eigenvalue weighted by Gasteiger charge is -2.07. The second-order valence-corrected chi connectivity index (χ2v) is 12.1. The Labute approximate surface area is 239 Å². The third-order valence-corrected chi connectivity index (χ3v) is 8.76. The van der Waals surface area contributed by atoms with Crippen molar-refractivity contribution in [1.82, 2.24) is 0 Å². The quantitative estimate of drug-likeness (QED) is 0.115. The number of hydrogen-bond acceptors (Lipinski definition) is 16. The molecule has 218 valence electrons. The summed E-state index contributed by atoms with van der Waals surface area (Å²) in [6.45, 7) is 0. The first kappa shape index (κ1) is 32.7. The maximum Gasteiger partial charge on any atom is 0.366 e. The number of ether oxygens (including phenoxy) is 4. The Balaban J connectivity index is 2.06. The van der Waals surface area contributed by atoms with Gasteiger partial charge >= 0.3 is 32.2 Å². The highest BCUT2D eigenvalue weighted by Crippen LogP contribution is 2.21. The van der Waals surface area contributed by atoms with Gasteiger partial charge in [0.15, 0.2) is 0 Å². The molecule has 18 heteroatoms. The van der Waals surface area contributed by atoms with Crippen LogP contribution in [0.4, 0.5) is 0 Å². The van der Waals surface area contributed by atoms with E-state index in [4.69, 9.17) is 9.47 Å². The van der Waals surface area contributed by atoms with Gasteiger partial charge in [-0.15, -0.1) is 0 Å². The Kier molecular flexibility index (Phi) is 12.6. The van der Waals surface area contributed by atoms with E-state index in [1.807, 2.05) is 0 Å². The normalized spacial score (nSPS) is 12.3. The average molecular weight is 637 g/mol. The first-order chi connectivity index (χ1) is 19.0. The van der Waals surface area contributed by atoms with Gasteiger partial charge in [-0.25, -0.2) is 9.59 Å². The predicted octanol–water partition coefficient (Wildman–Crippen LogP) is 2.25. The first-order valence-corrected chi connectivity index (χ1v) is 15.5. The third kappa shape index (κ3) is 9.61. The predicted molar refractivity (Wildman–Crippen MR) is 146 cm³/mol. The van der Waals surface area contributed by atoms with E-state index in [1.165, 1.54) is 62.8 Å². The van der Waals surface area contributed by atoms with Crippen LogP contribution in [-0.4, -0.2) is 78.8 Å². The van der Waals surface area contributed by atoms with Gasteiger partial charge in [-0.1, -0.05) is 33.8 Å². The molecule has 0 saturated carbocycles. The average Bonchev–Trinajstić information content (AvgIpc) is 2.97. The summed E-state index contributed by atoms with van der Waals surface area (Å²) < 4.78 is 78.0. The van der Waals surface area contributed by atoms with Crippen LogP contribution < -0.4 is 9.47 Å². The van der Waals surface area contributed by atoms with Crippen LogP contribution in [0.3, 0.4) is 0 Å². The lowest BCUT2D eigenvalue weighted by atomic mass is 10.3. The zero-order valence-electron chi connectivity index (χ0n) is 21.5. The molecule has 0 aliphatic heterocycles. The molecule has 0 bridgehead atoms. The van der Waals surface area contributed by atoms with Crippen LogP contribution >= 0.6 is 23.5 Å². The molecule has 0 spiro atoms. The van der Waals surface area contributed by atoms with Crippen LogP contribution in [0.5, 0.6) is 11.5 Å². The lowest BCUT2D eigenvalue weighted by Crippen LogP contribution is -2.17. The molecule has 0 radical (unpaired) electrons. The number of carbonyl (C=O) groups is 2. The van der Waals surface area contributed by atoms with E-state index in [9.17, 15) is 26.4 Å². The maximum absolute atomic E-state index is 12.4. The summed E-state index contributed by atoms with van der Waals surface area (Å²) >= 11 is 1.50. The van der Waals surface area contributed by atoms with Crippen molar-refractivity contribution < 1.29 is 53.9 Å². The zero-order chi connectivity index (χ0) is 29.8. The van der Waals surface area contributed by atoms with E-state index in [-0.39, 0.29) is 21.3 Å². The molecule has 0 aliphatic rings. The van der Waals surface area contributed by atoms with Gasteiger partial charge < -0.3 is 18.9 Å². The Morgan fingerprint density at radius 2 is 0.950 bits per heavy atom. The van der Waals surface area contributed by atoms with Crippen LogP contribution in [0, 0.1) is 0 Å². The summed E-state index contributed by atoms with van der Waals surface area (Å²) in [7, 11) is -3.76. The van der Waals surface area contributed by atoms with Crippen LogP contribution in [0.1, 0.15) is 0 Å². The first-order valence-electron chi connectivity index (χ1n) is 10.7. The number of esters is 2. The van der Waals surface area contributed by atoms with E-state index < -0.39 is 42.3 Å². The molecule has 0 amide bonds. The summed E-state index contributed by atoms with van der Waals surface area (Å²) in [6, 6.07) is 10.5. The van der Waals surface area contributed by atoms with Crippen LogP contribution in [0.15, 0.2) is 68.6 Å². The number of benzene rings is 2. The van der Waals surface area contributed by atoms with Gasteiger partial charge in [0.1, 0.15) is 21.3 Å². The molecular formula is C22H24N2O12S4. The lowest BCUT2D eigenvalue weighted by molar-refractivity contribution is -0.133. The van der Waals surface area contributed by atoms with Gasteiger partial charge in [0.2, 0.25) is 10.1 Å². The highest BCUT2D eigenvalue weighted by Gasteiger charge is 2.22. The Morgan fingerprint density at radius 1 is 0.625 bits per heavy atom. The summed E-state index contributed by atoms with van der Waals surface area (Å²) in [5.41, 5.74) is 0. The van der Waals surface area contributed by atoms with Crippen molar-refractivity contribution in [1.29, 1.82) is 0 Å². The molecule has 0 aromatic heterocycles. The standard InChI is InChI=1S/C22H24N2O12S4/c1-31-15-5-9-17(10-6-15)39(27,28)35-23-19(21(25)33-3)37-13-14-38-20(22(26)34-4)24-36-40(29,30)18-11-7-16(32-2)8-12-18/h5-12H,13-14H2,1-4H3/b23-19-,24-20-. The Hall–Kier alpha value is -3.48. The number of nitrogens with zero attached hydrogens (tertiary/aromatic N) is 2. The number of thioether (sulfide) groups is 2. The van der Waals surface area contributed by atoms with E-state index >= 15 is 0 Å². The maximum atomic E-state index is 12.4. The second kappa shape index (κ2) is 15.3. The fourth-order valence-electron chi connectivity index (χ4n) is 2.43. The molecular weight excluding hydrogens is 613 g/mol. The largest absolute Gasteiger partial charge is 0.497 e. The van der Waals surface area contributed by atoms with E-state index in [1.54, 1.807) is 0 Å². The Bertz CT molecular complexity index is 1330. The van der Waals surface area contributed by atoms with Gasteiger partial charge in [-0.05, 0) is 48.5 Å². The summed E-state index contributed by atoms with van der Waals surface area (Å²) in [5.74, 6) is -1.02. The van der Waals surface area contributed by atoms with E-state index in [2.05, 4.69) is 28.4 Å². The van der Waals surface area contributed by atoms with E-state index in [0.717, 1.165) is 37.7 Å². The van der Waals surface area contributed by atoms with Crippen molar-refractivity contribution in [3.63, 3.8) is 0 Å². The molecule has 0 unspecified atom stereocenters. The molecule has 0 N–H and O–H groups in total. The second-order valence-electron chi connectivity index (χ2n) is 6.88. The van der Waals surface area contributed by atoms with Gasteiger partial charge in [-0.3, -0.25) is 8.57 Å². The van der Waals surface area contributed by atoms with Gasteiger partial charge in [0, 0.05) is 11.5 Å². The number of carbonyl (C=O) groups excluding carboxylic acids is 2. The summed E-state index contributed by atoms with van der Waals surface area (Å²) in [6.07, 6.45) is 0. The van der Waals surface area contributed by atoms with Crippen molar-refractivity contribution in [3.05, 3.63) is 48.5 Å². The third-order valence-electron chi connectivity index (χ3n) is 4.41. The van der Waals surface area contributed by atoms with Crippen molar-refractivity contribution in [2.45, 2.75) is 9.79 Å². The number of rotatable bonds is 11. The minimum Gasteiger partial charge on any atom is -0.497 e. The van der Waals surface area contributed by atoms with Crippen LogP contribution in [-0.2, 0) is 47.9 Å². The number of hydrogen-bond donors (Lipinski definition) is 0. The molecule has 40 heavy (non-hydrogen) atoms. The van der Waals surface area contributed by atoms with Crippen molar-refractivity contribution in [3.8, 4) is 11.5 Å². The topological polar surface area (TPSA) is 183 Å². The SMILES string of the molecule is COC(=O)/C(=N/OS(=O)(=O)c1ccc(OC)cc1)SCCS/C(=N\OS(=O)(=O)c1ccc(OC)cc1)C(=O)OC. The smallest absolute Gasteiger partial charge is 0.366 e. The van der Waals surface area contributed by atoms with Crippen molar-refractivity contribution in [2.75, 3.05) is 39.9 Å². The molecule has 0 saturated heterocycles. The van der Waals surface area contributed by atoms with Gasteiger partial charge in [-0.2, -0.15) is 16.8 Å². The highest BCUT2D eigenvalue weighted by molar-refractivity contribution is 8.18. The number of oxime groups is 2. The minimum atomic E-state index is -4.36. The number of methoxy groups -OCH3 is 4. The van der Waals surface area contributed by atoms with Crippen LogP contribution in [0.25, 0.3) is 0 Å². The van der Waals surface area contributed by atoms with Crippen molar-refractivity contribution >= 4 is 65.8 Å². The minimum absolute atomic E-state index is 0.0474. The Morgan fingerprint density at radius 3 is 1.23 bits per heavy atom. The summed E-state index contributed by atoms with van der Waals surface area (Å²) in [4.78, 5) is 23.6. The highest BCUT2D eigenvalue weighted by atomic mass is 32.2. The fourth-order valence-corrected chi connectivity index (χ4v) is 5.62. The molecule has 14 nitrogen and oxygen atoms in total. The molecule has 0 aliphatic carbocycles. The fraction of sp³-hybridized carbons (Fsp3) is 0.273.